The van der Waals surface area contributed by atoms with Gasteiger partial charge >= 0.3 is 0 Å². The molecule has 1 aliphatic rings. The molecule has 0 radical (unpaired) electrons. The van der Waals surface area contributed by atoms with Gasteiger partial charge in [0.05, 0.1) is 5.41 Å². The molecule has 1 fully saturated rings. The molecular weight excluding hydrogens is 296 g/mol. The first kappa shape index (κ1) is 19.4. The number of piperazine rings is 1. The van der Waals surface area contributed by atoms with E-state index in [4.69, 9.17) is 5.73 Å². The third-order valence-corrected chi connectivity index (χ3v) is 4.93. The Morgan fingerprint density at radius 2 is 1.57 bits per heavy atom. The Morgan fingerprint density at radius 3 is 2.00 bits per heavy atom. The molecule has 0 aromatic heterocycles. The Morgan fingerprint density at radius 1 is 1.04 bits per heavy atom. The van der Waals surface area contributed by atoms with Crippen LogP contribution in [0.25, 0.3) is 0 Å². The van der Waals surface area contributed by atoms with E-state index in [1.54, 1.807) is 9.80 Å². The molecule has 132 valence electrons. The fourth-order valence-corrected chi connectivity index (χ4v) is 2.85. The first-order chi connectivity index (χ1) is 10.9. The van der Waals surface area contributed by atoms with Gasteiger partial charge in [0.25, 0.3) is 0 Å². The van der Waals surface area contributed by atoms with Crippen LogP contribution in [0.1, 0.15) is 40.0 Å². The summed E-state index contributed by atoms with van der Waals surface area (Å²) in [5.74, 6) is -0.0133. The minimum absolute atomic E-state index is 0.0137. The summed E-state index contributed by atoms with van der Waals surface area (Å²) in [4.78, 5) is 39.2. The van der Waals surface area contributed by atoms with E-state index in [9.17, 15) is 14.4 Å². The average molecular weight is 326 g/mol. The van der Waals surface area contributed by atoms with Crippen LogP contribution in [0.3, 0.4) is 0 Å². The van der Waals surface area contributed by atoms with Crippen molar-refractivity contribution in [3.63, 3.8) is 0 Å². The van der Waals surface area contributed by atoms with Gasteiger partial charge in [-0.2, -0.15) is 0 Å². The van der Waals surface area contributed by atoms with Gasteiger partial charge in [-0.25, -0.2) is 0 Å². The quantitative estimate of drug-likeness (QED) is 0.685. The second kappa shape index (κ2) is 8.86. The third kappa shape index (κ3) is 4.92. The van der Waals surface area contributed by atoms with Crippen LogP contribution < -0.4 is 11.1 Å². The zero-order valence-electron chi connectivity index (χ0n) is 14.6. The van der Waals surface area contributed by atoms with E-state index in [0.717, 1.165) is 0 Å². The van der Waals surface area contributed by atoms with Crippen LogP contribution >= 0.6 is 0 Å². The third-order valence-electron chi connectivity index (χ3n) is 4.93. The molecule has 0 aromatic carbocycles. The lowest BCUT2D eigenvalue weighted by Crippen LogP contribution is -2.51. The Balaban J connectivity index is 2.37. The molecule has 1 saturated heterocycles. The van der Waals surface area contributed by atoms with E-state index in [2.05, 4.69) is 5.32 Å². The molecular formula is C16H30N4O3. The number of hydrogen-bond donors (Lipinski definition) is 2. The highest BCUT2D eigenvalue weighted by Crippen LogP contribution is 2.24. The van der Waals surface area contributed by atoms with Crippen LogP contribution in [0.4, 0.5) is 0 Å². The van der Waals surface area contributed by atoms with Gasteiger partial charge in [-0.1, -0.05) is 13.8 Å². The maximum absolute atomic E-state index is 12.3. The first-order valence-corrected chi connectivity index (χ1v) is 8.41. The highest BCUT2D eigenvalue weighted by atomic mass is 16.2. The van der Waals surface area contributed by atoms with Gasteiger partial charge in [-0.05, 0) is 12.8 Å². The summed E-state index contributed by atoms with van der Waals surface area (Å²) in [6.07, 6.45) is 1.65. The maximum Gasteiger partial charge on any atom is 0.227 e. The molecule has 0 spiro atoms. The number of carbonyl (C=O) groups is 3. The molecule has 0 atom stereocenters. The van der Waals surface area contributed by atoms with E-state index in [1.165, 1.54) is 6.92 Å². The lowest BCUT2D eigenvalue weighted by atomic mass is 9.81. The van der Waals surface area contributed by atoms with Crippen molar-refractivity contribution in [1.29, 1.82) is 0 Å². The van der Waals surface area contributed by atoms with Crippen molar-refractivity contribution < 1.29 is 14.4 Å². The molecule has 0 aromatic rings. The van der Waals surface area contributed by atoms with E-state index in [0.29, 0.717) is 52.1 Å². The number of rotatable bonds is 7. The summed E-state index contributed by atoms with van der Waals surface area (Å²) in [6, 6.07) is 0. The standard InChI is InChI=1S/C16H30N4O3/c1-4-16(5-2,12-17)15(23)18-7-6-14(22)20-10-8-19(9-11-20)13(3)21/h4-12,17H2,1-3H3,(H,18,23). The summed E-state index contributed by atoms with van der Waals surface area (Å²) >= 11 is 0. The number of hydrogen-bond acceptors (Lipinski definition) is 4. The van der Waals surface area contributed by atoms with Crippen molar-refractivity contribution >= 4 is 17.7 Å². The predicted octanol–water partition coefficient (Wildman–Crippen LogP) is -0.0515. The number of nitrogens with two attached hydrogens (primary N) is 1. The molecule has 1 rings (SSSR count). The normalized spacial score (nSPS) is 15.5. The van der Waals surface area contributed by atoms with Crippen molar-refractivity contribution in [2.75, 3.05) is 39.3 Å². The SMILES string of the molecule is CCC(CC)(CN)C(=O)NCCC(=O)N1CCN(C(C)=O)CC1. The molecule has 0 aliphatic carbocycles. The van der Waals surface area contributed by atoms with Crippen molar-refractivity contribution in [1.82, 2.24) is 15.1 Å². The van der Waals surface area contributed by atoms with Crippen LogP contribution in [-0.2, 0) is 14.4 Å². The minimum Gasteiger partial charge on any atom is -0.355 e. The van der Waals surface area contributed by atoms with Crippen LogP contribution in [0.5, 0.6) is 0 Å². The smallest absolute Gasteiger partial charge is 0.227 e. The molecule has 1 heterocycles. The highest BCUT2D eigenvalue weighted by Gasteiger charge is 2.33. The van der Waals surface area contributed by atoms with E-state index in [1.807, 2.05) is 13.8 Å². The molecule has 23 heavy (non-hydrogen) atoms. The summed E-state index contributed by atoms with van der Waals surface area (Å²) in [6.45, 7) is 8.36. The Kier molecular flexibility index (Phi) is 7.48. The van der Waals surface area contributed by atoms with Gasteiger partial charge in [0.1, 0.15) is 0 Å². The van der Waals surface area contributed by atoms with Crippen molar-refractivity contribution in [2.45, 2.75) is 40.0 Å². The van der Waals surface area contributed by atoms with Gasteiger partial charge in [-0.15, -0.1) is 0 Å². The largest absolute Gasteiger partial charge is 0.355 e. The Hall–Kier alpha value is -1.63. The maximum atomic E-state index is 12.3. The lowest BCUT2D eigenvalue weighted by molar-refractivity contribution is -0.138. The van der Waals surface area contributed by atoms with Gasteiger partial charge in [-0.3, -0.25) is 14.4 Å². The molecule has 0 saturated carbocycles. The summed E-state index contributed by atoms with van der Waals surface area (Å²) in [7, 11) is 0. The molecule has 3 N–H and O–H groups in total. The van der Waals surface area contributed by atoms with Crippen molar-refractivity contribution in [2.24, 2.45) is 11.1 Å². The number of amides is 3. The molecule has 7 heteroatoms. The zero-order valence-corrected chi connectivity index (χ0v) is 14.6. The molecule has 0 bridgehead atoms. The molecule has 0 unspecified atom stereocenters. The van der Waals surface area contributed by atoms with Gasteiger partial charge < -0.3 is 20.9 Å². The second-order valence-electron chi connectivity index (χ2n) is 6.08. The minimum atomic E-state index is -0.532. The van der Waals surface area contributed by atoms with Gasteiger partial charge in [0, 0.05) is 52.6 Å². The Labute approximate surface area is 138 Å². The van der Waals surface area contributed by atoms with E-state index < -0.39 is 5.41 Å². The zero-order chi connectivity index (χ0) is 17.5. The molecule has 7 nitrogen and oxygen atoms in total. The number of nitrogens with one attached hydrogen (secondary N) is 1. The van der Waals surface area contributed by atoms with E-state index in [-0.39, 0.29) is 24.1 Å². The summed E-state index contributed by atoms with van der Waals surface area (Å²) in [5, 5.41) is 2.84. The Bertz CT molecular complexity index is 419. The average Bonchev–Trinajstić information content (AvgIpc) is 2.57. The second-order valence-corrected chi connectivity index (χ2v) is 6.08. The van der Waals surface area contributed by atoms with Crippen molar-refractivity contribution in [3.05, 3.63) is 0 Å². The van der Waals surface area contributed by atoms with E-state index >= 15 is 0 Å². The van der Waals surface area contributed by atoms with Crippen molar-refractivity contribution in [3.8, 4) is 0 Å². The van der Waals surface area contributed by atoms with Crippen LogP contribution in [0.2, 0.25) is 0 Å². The first-order valence-electron chi connectivity index (χ1n) is 8.41. The monoisotopic (exact) mass is 326 g/mol. The van der Waals surface area contributed by atoms with Crippen LogP contribution in [0, 0.1) is 5.41 Å². The summed E-state index contributed by atoms with van der Waals surface area (Å²) < 4.78 is 0. The fourth-order valence-electron chi connectivity index (χ4n) is 2.85. The number of nitrogens with zero attached hydrogens (tertiary/aromatic N) is 2. The lowest BCUT2D eigenvalue weighted by Gasteiger charge is -2.34. The number of carbonyl (C=O) groups excluding carboxylic acids is 3. The van der Waals surface area contributed by atoms with Gasteiger partial charge in [0.15, 0.2) is 0 Å². The topological polar surface area (TPSA) is 95.7 Å². The van der Waals surface area contributed by atoms with Crippen LogP contribution in [-0.4, -0.2) is 66.8 Å². The van der Waals surface area contributed by atoms with Gasteiger partial charge in [0.2, 0.25) is 17.7 Å². The molecule has 3 amide bonds. The van der Waals surface area contributed by atoms with Crippen LogP contribution in [0.15, 0.2) is 0 Å². The summed E-state index contributed by atoms with van der Waals surface area (Å²) in [5.41, 5.74) is 5.22. The predicted molar refractivity (Wildman–Crippen MR) is 88.5 cm³/mol. The highest BCUT2D eigenvalue weighted by molar-refractivity contribution is 5.83. The molecule has 1 aliphatic heterocycles. The fraction of sp³-hybridized carbons (Fsp3) is 0.812.